The van der Waals surface area contributed by atoms with Crippen LogP contribution in [0, 0.1) is 11.8 Å². The Morgan fingerprint density at radius 1 is 1.31 bits per heavy atom. The van der Waals surface area contributed by atoms with Gasteiger partial charge >= 0.3 is 11.9 Å². The van der Waals surface area contributed by atoms with Crippen molar-refractivity contribution in [3.63, 3.8) is 0 Å². The molecule has 1 N–H and O–H groups in total. The molecule has 0 amide bonds. The number of aliphatic hydroxyl groups is 1. The molecular weight excluding hydrogens is 424 g/mol. The van der Waals surface area contributed by atoms with Gasteiger partial charge in [0.25, 0.3) is 0 Å². The Kier molecular flexibility index (Phi) is 9.69. The molecule has 0 heterocycles. The highest BCUT2D eigenvalue weighted by molar-refractivity contribution is 6.74. The van der Waals surface area contributed by atoms with E-state index in [0.29, 0.717) is 0 Å². The molecule has 0 bridgehead atoms. The van der Waals surface area contributed by atoms with Crippen LogP contribution in [0.25, 0.3) is 0 Å². The molecule has 0 aromatic carbocycles. The Bertz CT molecular complexity index is 772. The van der Waals surface area contributed by atoms with Crippen LogP contribution in [0.4, 0.5) is 0 Å². The lowest BCUT2D eigenvalue weighted by Gasteiger charge is -2.45. The van der Waals surface area contributed by atoms with Crippen LogP contribution in [0.1, 0.15) is 54.9 Å². The maximum absolute atomic E-state index is 12.9. The van der Waals surface area contributed by atoms with E-state index in [1.54, 1.807) is 19.1 Å². The van der Waals surface area contributed by atoms with Crippen LogP contribution < -0.4 is 0 Å². The van der Waals surface area contributed by atoms with E-state index in [2.05, 4.69) is 33.9 Å². The third-order valence-corrected chi connectivity index (χ3v) is 10.8. The topological polar surface area (TPSA) is 82.1 Å². The van der Waals surface area contributed by atoms with Crippen LogP contribution >= 0.6 is 0 Å². The molecule has 0 aliphatic heterocycles. The molecule has 0 saturated carbocycles. The Balaban J connectivity index is 3.61. The predicted molar refractivity (Wildman–Crippen MR) is 130 cm³/mol. The first-order chi connectivity index (χ1) is 14.6. The zero-order valence-electron chi connectivity index (χ0n) is 21.4. The van der Waals surface area contributed by atoms with Gasteiger partial charge in [0.1, 0.15) is 11.5 Å². The summed E-state index contributed by atoms with van der Waals surface area (Å²) in [5.74, 6) is -2.06. The van der Waals surface area contributed by atoms with E-state index in [4.69, 9.17) is 13.9 Å². The molecule has 0 aromatic heterocycles. The zero-order chi connectivity index (χ0) is 24.9. The summed E-state index contributed by atoms with van der Waals surface area (Å²) in [5, 5.41) is 11.9. The number of methoxy groups -OCH3 is 1. The molecule has 0 unspecified atom stereocenters. The minimum absolute atomic E-state index is 0.0162. The van der Waals surface area contributed by atoms with Crippen molar-refractivity contribution in [3.05, 3.63) is 35.5 Å². The Morgan fingerprint density at radius 3 is 2.38 bits per heavy atom. The number of carbonyl (C=O) groups excluding carboxylic acids is 2. The standard InChI is InChI=1S/C25H42O6Si/c1-11-30-23(27)20-15-18(4)21(31-32(9,10)24(5,6)7)16-25(20,28)19(22(26)29-8)14-12-13-17(2)3/h12-15,17,20-21,28H,11,16H2,1-10H3/b13-12+,19-14+/t20-,21-,25+/m0/s1. The first kappa shape index (κ1) is 28.3. The Labute approximate surface area is 194 Å². The highest BCUT2D eigenvalue weighted by Crippen LogP contribution is 2.44. The molecule has 1 aliphatic carbocycles. The van der Waals surface area contributed by atoms with Crippen molar-refractivity contribution in [2.24, 2.45) is 11.8 Å². The molecule has 6 nitrogen and oxygen atoms in total. The monoisotopic (exact) mass is 466 g/mol. The molecule has 0 spiro atoms. The molecule has 7 heteroatoms. The van der Waals surface area contributed by atoms with Crippen LogP contribution in [0.15, 0.2) is 35.5 Å². The number of allylic oxidation sites excluding steroid dienone is 3. The van der Waals surface area contributed by atoms with Gasteiger partial charge in [-0.25, -0.2) is 4.79 Å². The van der Waals surface area contributed by atoms with Gasteiger partial charge < -0.3 is 19.0 Å². The van der Waals surface area contributed by atoms with E-state index in [-0.39, 0.29) is 29.6 Å². The quantitative estimate of drug-likeness (QED) is 0.179. The Morgan fingerprint density at radius 2 is 1.91 bits per heavy atom. The lowest BCUT2D eigenvalue weighted by molar-refractivity contribution is -0.156. The summed E-state index contributed by atoms with van der Waals surface area (Å²) in [6.45, 7) is 18.5. The van der Waals surface area contributed by atoms with E-state index >= 15 is 0 Å². The van der Waals surface area contributed by atoms with Crippen molar-refractivity contribution in [2.45, 2.75) is 84.7 Å². The summed E-state index contributed by atoms with van der Waals surface area (Å²) in [4.78, 5) is 25.6. The van der Waals surface area contributed by atoms with Gasteiger partial charge in [-0.3, -0.25) is 4.79 Å². The van der Waals surface area contributed by atoms with Gasteiger partial charge in [0.05, 0.1) is 25.4 Å². The maximum Gasteiger partial charge on any atom is 0.336 e. The molecule has 0 aromatic rings. The number of rotatable bonds is 8. The van der Waals surface area contributed by atoms with Crippen LogP contribution in [-0.4, -0.2) is 50.8 Å². The molecule has 0 radical (unpaired) electrons. The molecular formula is C25H42O6Si. The number of hydrogen-bond donors (Lipinski definition) is 1. The third-order valence-electron chi connectivity index (χ3n) is 6.36. The van der Waals surface area contributed by atoms with E-state index in [1.807, 2.05) is 26.8 Å². The third kappa shape index (κ3) is 6.65. The smallest absolute Gasteiger partial charge is 0.336 e. The first-order valence-electron chi connectivity index (χ1n) is 11.3. The van der Waals surface area contributed by atoms with Crippen LogP contribution in [0.3, 0.4) is 0 Å². The van der Waals surface area contributed by atoms with Crippen molar-refractivity contribution < 1.29 is 28.6 Å². The molecule has 1 rings (SSSR count). The predicted octanol–water partition coefficient (Wildman–Crippen LogP) is 4.95. The average Bonchev–Trinajstić information content (AvgIpc) is 2.66. The minimum Gasteiger partial charge on any atom is -0.466 e. The SMILES string of the molecule is CCOC(=O)[C@@H]1C=C(C)[C@@H](O[Si](C)(C)C(C)(C)C)C[C@@]1(O)/C(=C/C=C/C(C)C)C(=O)OC. The van der Waals surface area contributed by atoms with E-state index in [0.717, 1.165) is 5.57 Å². The lowest BCUT2D eigenvalue weighted by Crippen LogP contribution is -2.54. The molecule has 1 aliphatic rings. The summed E-state index contributed by atoms with van der Waals surface area (Å²) < 4.78 is 16.8. The van der Waals surface area contributed by atoms with Crippen LogP contribution in [-0.2, 0) is 23.5 Å². The van der Waals surface area contributed by atoms with Gasteiger partial charge in [0, 0.05) is 6.42 Å². The normalized spacial score (nSPS) is 25.1. The van der Waals surface area contributed by atoms with E-state index < -0.39 is 37.9 Å². The highest BCUT2D eigenvalue weighted by atomic mass is 28.4. The zero-order valence-corrected chi connectivity index (χ0v) is 22.4. The van der Waals surface area contributed by atoms with Gasteiger partial charge in [0.15, 0.2) is 8.32 Å². The second-order valence-electron chi connectivity index (χ2n) is 10.3. The summed E-state index contributed by atoms with van der Waals surface area (Å²) >= 11 is 0. The molecule has 0 fully saturated rings. The number of ether oxygens (including phenoxy) is 2. The summed E-state index contributed by atoms with van der Waals surface area (Å²) in [7, 11) is -0.927. The van der Waals surface area contributed by atoms with Crippen LogP contribution in [0.2, 0.25) is 18.1 Å². The van der Waals surface area contributed by atoms with Gasteiger partial charge in [-0.05, 0) is 49.5 Å². The number of esters is 2. The largest absolute Gasteiger partial charge is 0.466 e. The van der Waals surface area contributed by atoms with Crippen molar-refractivity contribution in [3.8, 4) is 0 Å². The fraction of sp³-hybridized carbons (Fsp3) is 0.680. The first-order valence-corrected chi connectivity index (χ1v) is 14.2. The fourth-order valence-electron chi connectivity index (χ4n) is 3.39. The second kappa shape index (κ2) is 10.9. The van der Waals surface area contributed by atoms with E-state index in [1.165, 1.54) is 13.2 Å². The maximum atomic E-state index is 12.9. The second-order valence-corrected chi connectivity index (χ2v) is 15.1. The Hall–Kier alpha value is -1.70. The summed E-state index contributed by atoms with van der Waals surface area (Å²) in [6.07, 6.45) is 6.46. The van der Waals surface area contributed by atoms with Crippen molar-refractivity contribution in [1.29, 1.82) is 0 Å². The summed E-state index contributed by atoms with van der Waals surface area (Å²) in [6, 6.07) is 0. The van der Waals surface area contributed by atoms with Gasteiger partial charge in [0.2, 0.25) is 0 Å². The van der Waals surface area contributed by atoms with Crippen molar-refractivity contribution in [1.82, 2.24) is 0 Å². The van der Waals surface area contributed by atoms with E-state index in [9.17, 15) is 14.7 Å². The lowest BCUT2D eigenvalue weighted by atomic mass is 9.71. The van der Waals surface area contributed by atoms with Gasteiger partial charge in [-0.1, -0.05) is 52.8 Å². The molecule has 182 valence electrons. The van der Waals surface area contributed by atoms with Crippen LogP contribution in [0.5, 0.6) is 0 Å². The molecule has 3 atom stereocenters. The average molecular weight is 467 g/mol. The number of carbonyl (C=O) groups is 2. The minimum atomic E-state index is -2.19. The fourth-order valence-corrected chi connectivity index (χ4v) is 4.73. The highest BCUT2D eigenvalue weighted by Gasteiger charge is 2.52. The number of hydrogen-bond acceptors (Lipinski definition) is 6. The molecule has 32 heavy (non-hydrogen) atoms. The molecule has 0 saturated heterocycles. The summed E-state index contributed by atoms with van der Waals surface area (Å²) in [5.41, 5.74) is -0.963. The van der Waals surface area contributed by atoms with Gasteiger partial charge in [-0.2, -0.15) is 0 Å². The van der Waals surface area contributed by atoms with Crippen molar-refractivity contribution in [2.75, 3.05) is 13.7 Å². The van der Waals surface area contributed by atoms with Crippen molar-refractivity contribution >= 4 is 20.3 Å². The van der Waals surface area contributed by atoms with Gasteiger partial charge in [-0.15, -0.1) is 0 Å².